The van der Waals surface area contributed by atoms with Crippen molar-refractivity contribution in [2.45, 2.75) is 26.9 Å². The monoisotopic (exact) mass is 387 g/mol. The number of esters is 1. The lowest BCUT2D eigenvalue weighted by Gasteiger charge is -2.16. The van der Waals surface area contributed by atoms with Crippen molar-refractivity contribution in [2.75, 3.05) is 26.1 Å². The molecule has 0 spiro atoms. The summed E-state index contributed by atoms with van der Waals surface area (Å²) in [6.07, 6.45) is -1.00. The van der Waals surface area contributed by atoms with Gasteiger partial charge in [-0.25, -0.2) is 4.79 Å². The van der Waals surface area contributed by atoms with Gasteiger partial charge < -0.3 is 24.3 Å². The largest absolute Gasteiger partial charge is 0.495 e. The summed E-state index contributed by atoms with van der Waals surface area (Å²) in [4.78, 5) is 24.9. The number of ether oxygens (including phenoxy) is 4. The molecule has 2 rings (SSSR count). The smallest absolute Gasteiger partial charge is 0.339 e. The number of hydrogen-bond donors (Lipinski definition) is 1. The molecule has 0 saturated carbocycles. The summed E-state index contributed by atoms with van der Waals surface area (Å²) in [6, 6.07) is 10.1. The van der Waals surface area contributed by atoms with Crippen LogP contribution in [0.25, 0.3) is 0 Å². The quantitative estimate of drug-likeness (QED) is 0.697. The van der Waals surface area contributed by atoms with Crippen molar-refractivity contribution < 1.29 is 28.5 Å². The van der Waals surface area contributed by atoms with Gasteiger partial charge in [0.15, 0.2) is 17.6 Å². The van der Waals surface area contributed by atoms with Gasteiger partial charge in [0.2, 0.25) is 0 Å². The highest BCUT2D eigenvalue weighted by molar-refractivity contribution is 5.98. The van der Waals surface area contributed by atoms with Gasteiger partial charge in [0.1, 0.15) is 5.75 Å². The Bertz CT molecular complexity index is 849. The van der Waals surface area contributed by atoms with Crippen molar-refractivity contribution in [3.8, 4) is 17.2 Å². The van der Waals surface area contributed by atoms with Crippen LogP contribution in [0.4, 0.5) is 5.69 Å². The third-order valence-corrected chi connectivity index (χ3v) is 3.97. The van der Waals surface area contributed by atoms with Gasteiger partial charge in [-0.3, -0.25) is 4.79 Å². The molecule has 0 aliphatic carbocycles. The van der Waals surface area contributed by atoms with Gasteiger partial charge in [0.05, 0.1) is 32.1 Å². The minimum absolute atomic E-state index is 0.261. The summed E-state index contributed by atoms with van der Waals surface area (Å²) in [5.41, 5.74) is 1.73. The Morgan fingerprint density at radius 2 is 1.68 bits per heavy atom. The molecule has 0 radical (unpaired) electrons. The van der Waals surface area contributed by atoms with E-state index in [1.807, 2.05) is 19.9 Å². The molecular formula is C21H25NO6. The minimum Gasteiger partial charge on any atom is -0.495 e. The van der Waals surface area contributed by atoms with Gasteiger partial charge in [0.25, 0.3) is 5.91 Å². The second kappa shape index (κ2) is 9.64. The van der Waals surface area contributed by atoms with Crippen LogP contribution >= 0.6 is 0 Å². The first-order chi connectivity index (χ1) is 13.4. The molecule has 2 aromatic rings. The molecule has 0 heterocycles. The number of nitrogens with one attached hydrogen (secondary N) is 1. The molecule has 0 bridgehead atoms. The van der Waals surface area contributed by atoms with Crippen molar-refractivity contribution in [1.82, 2.24) is 0 Å². The molecule has 2 aromatic carbocycles. The van der Waals surface area contributed by atoms with Crippen LogP contribution in [0.3, 0.4) is 0 Å². The van der Waals surface area contributed by atoms with Crippen molar-refractivity contribution in [3.63, 3.8) is 0 Å². The first kappa shape index (κ1) is 21.1. The van der Waals surface area contributed by atoms with E-state index < -0.39 is 18.0 Å². The summed E-state index contributed by atoms with van der Waals surface area (Å²) < 4.78 is 21.2. The van der Waals surface area contributed by atoms with Crippen LogP contribution in [-0.4, -0.2) is 38.8 Å². The van der Waals surface area contributed by atoms with Gasteiger partial charge in [-0.15, -0.1) is 0 Å². The highest BCUT2D eigenvalue weighted by atomic mass is 16.5. The zero-order valence-electron chi connectivity index (χ0n) is 16.7. The summed E-state index contributed by atoms with van der Waals surface area (Å²) in [5, 5.41) is 2.72. The van der Waals surface area contributed by atoms with Crippen molar-refractivity contribution in [2.24, 2.45) is 0 Å². The molecule has 0 aliphatic heterocycles. The highest BCUT2D eigenvalue weighted by Gasteiger charge is 2.21. The number of aryl methyl sites for hydroxylation is 1. The van der Waals surface area contributed by atoms with Gasteiger partial charge in [-0.1, -0.05) is 6.07 Å². The van der Waals surface area contributed by atoms with Crippen LogP contribution in [0.2, 0.25) is 0 Å². The zero-order chi connectivity index (χ0) is 20.7. The Morgan fingerprint density at radius 3 is 2.32 bits per heavy atom. The van der Waals surface area contributed by atoms with E-state index in [0.717, 1.165) is 5.56 Å². The Labute approximate surface area is 164 Å². The minimum atomic E-state index is -1.00. The standard InChI is InChI=1S/C21H25NO6/c1-6-27-19-12-15(8-10-18(19)26-5)21(24)28-14(3)20(23)22-16-11-13(2)7-9-17(16)25-4/h7-12,14H,6H2,1-5H3,(H,22,23). The second-order valence-corrected chi connectivity index (χ2v) is 6.04. The molecule has 0 aliphatic rings. The number of rotatable bonds is 8. The molecule has 150 valence electrons. The molecule has 0 fully saturated rings. The normalized spacial score (nSPS) is 11.3. The topological polar surface area (TPSA) is 83.1 Å². The Hall–Kier alpha value is -3.22. The number of anilines is 1. The van der Waals surface area contributed by atoms with E-state index in [1.54, 1.807) is 24.3 Å². The van der Waals surface area contributed by atoms with E-state index in [-0.39, 0.29) is 5.56 Å². The van der Waals surface area contributed by atoms with Crippen molar-refractivity contribution >= 4 is 17.6 Å². The Morgan fingerprint density at radius 1 is 1.00 bits per heavy atom. The molecule has 1 N–H and O–H groups in total. The van der Waals surface area contributed by atoms with E-state index in [0.29, 0.717) is 29.5 Å². The lowest BCUT2D eigenvalue weighted by atomic mass is 10.2. The van der Waals surface area contributed by atoms with Crippen LogP contribution in [0.1, 0.15) is 29.8 Å². The van der Waals surface area contributed by atoms with Gasteiger partial charge in [-0.2, -0.15) is 0 Å². The number of carbonyl (C=O) groups is 2. The average molecular weight is 387 g/mol. The van der Waals surface area contributed by atoms with Gasteiger partial charge in [-0.05, 0) is 56.7 Å². The lowest BCUT2D eigenvalue weighted by Crippen LogP contribution is -2.30. The predicted molar refractivity (Wildman–Crippen MR) is 105 cm³/mol. The average Bonchev–Trinajstić information content (AvgIpc) is 2.68. The molecule has 0 aromatic heterocycles. The third kappa shape index (κ3) is 5.16. The van der Waals surface area contributed by atoms with Gasteiger partial charge >= 0.3 is 5.97 Å². The maximum atomic E-state index is 12.4. The second-order valence-electron chi connectivity index (χ2n) is 6.04. The van der Waals surface area contributed by atoms with E-state index >= 15 is 0 Å². The van der Waals surface area contributed by atoms with E-state index in [1.165, 1.54) is 27.2 Å². The summed E-state index contributed by atoms with van der Waals surface area (Å²) in [5.74, 6) is 0.365. The van der Waals surface area contributed by atoms with Crippen LogP contribution < -0.4 is 19.5 Å². The predicted octanol–water partition coefficient (Wildman–Crippen LogP) is 3.59. The molecule has 1 unspecified atom stereocenters. The summed E-state index contributed by atoms with van der Waals surface area (Å²) >= 11 is 0. The van der Waals surface area contributed by atoms with Crippen molar-refractivity contribution in [1.29, 1.82) is 0 Å². The fourth-order valence-electron chi connectivity index (χ4n) is 2.51. The van der Waals surface area contributed by atoms with Crippen LogP contribution in [0, 0.1) is 6.92 Å². The lowest BCUT2D eigenvalue weighted by molar-refractivity contribution is -0.123. The maximum absolute atomic E-state index is 12.4. The van der Waals surface area contributed by atoms with Crippen molar-refractivity contribution in [3.05, 3.63) is 47.5 Å². The summed E-state index contributed by atoms with van der Waals surface area (Å²) in [6.45, 7) is 5.66. The number of carbonyl (C=O) groups excluding carboxylic acids is 2. The van der Waals surface area contributed by atoms with Crippen LogP contribution in [-0.2, 0) is 9.53 Å². The number of benzene rings is 2. The number of amides is 1. The molecule has 7 nitrogen and oxygen atoms in total. The first-order valence-corrected chi connectivity index (χ1v) is 8.86. The molecular weight excluding hydrogens is 362 g/mol. The van der Waals surface area contributed by atoms with E-state index in [9.17, 15) is 9.59 Å². The summed E-state index contributed by atoms with van der Waals surface area (Å²) in [7, 11) is 3.03. The fourth-order valence-corrected chi connectivity index (χ4v) is 2.51. The molecule has 0 saturated heterocycles. The third-order valence-electron chi connectivity index (χ3n) is 3.97. The Balaban J connectivity index is 2.08. The highest BCUT2D eigenvalue weighted by Crippen LogP contribution is 2.29. The first-order valence-electron chi connectivity index (χ1n) is 8.86. The van der Waals surface area contributed by atoms with Crippen LogP contribution in [0.5, 0.6) is 17.2 Å². The molecule has 1 atom stereocenters. The van der Waals surface area contributed by atoms with Crippen LogP contribution in [0.15, 0.2) is 36.4 Å². The molecule has 7 heteroatoms. The maximum Gasteiger partial charge on any atom is 0.339 e. The zero-order valence-corrected chi connectivity index (χ0v) is 16.7. The van der Waals surface area contributed by atoms with E-state index in [4.69, 9.17) is 18.9 Å². The molecule has 28 heavy (non-hydrogen) atoms. The van der Waals surface area contributed by atoms with Gasteiger partial charge in [0, 0.05) is 0 Å². The number of methoxy groups -OCH3 is 2. The van der Waals surface area contributed by atoms with E-state index in [2.05, 4.69) is 5.32 Å². The number of hydrogen-bond acceptors (Lipinski definition) is 6. The Kier molecular flexibility index (Phi) is 7.26. The fraction of sp³-hybridized carbons (Fsp3) is 0.333. The molecule has 1 amide bonds. The SMILES string of the molecule is CCOc1cc(C(=O)OC(C)C(=O)Nc2cc(C)ccc2OC)ccc1OC.